The molecule has 42 heavy (non-hydrogen) atoms. The van der Waals surface area contributed by atoms with Crippen LogP contribution in [0.15, 0.2) is 59.1 Å². The van der Waals surface area contributed by atoms with E-state index in [1.807, 2.05) is 0 Å². The molecule has 2 aromatic carbocycles. The van der Waals surface area contributed by atoms with Crippen molar-refractivity contribution in [3.63, 3.8) is 0 Å². The number of anilines is 2. The van der Waals surface area contributed by atoms with E-state index < -0.39 is 15.6 Å². The Morgan fingerprint density at radius 2 is 1.74 bits per heavy atom. The molecule has 0 aliphatic carbocycles. The highest BCUT2D eigenvalue weighted by Gasteiger charge is 2.13. The number of ether oxygens (including phenoxy) is 3. The van der Waals surface area contributed by atoms with Crippen molar-refractivity contribution in [2.24, 2.45) is 4.36 Å². The Labute approximate surface area is 245 Å². The maximum Gasteiger partial charge on any atom is 0.305 e. The van der Waals surface area contributed by atoms with Crippen LogP contribution in [0, 0.1) is 11.8 Å². The van der Waals surface area contributed by atoms with Gasteiger partial charge in [0.05, 0.1) is 42.2 Å². The average molecular weight is 593 g/mol. The van der Waals surface area contributed by atoms with Gasteiger partial charge < -0.3 is 25.3 Å². The normalized spacial score (nSPS) is 11.7. The van der Waals surface area contributed by atoms with Crippen molar-refractivity contribution in [1.82, 2.24) is 4.98 Å². The number of carbonyl (C=O) groups is 3. The van der Waals surface area contributed by atoms with E-state index in [2.05, 4.69) is 31.2 Å². The number of nitrogen functional groups attached to an aromatic ring is 1. The SMILES string of the molecule is COC(=O)CCCC[S@](C)(=O)=NC(=O)c1cnc(N)c(C#Cc2cccc(NC(=O)c3ccc(OC)c(OC)c3)c2)c1. The van der Waals surface area contributed by atoms with Gasteiger partial charge in [0.25, 0.3) is 11.8 Å². The number of methoxy groups -OCH3 is 3. The van der Waals surface area contributed by atoms with E-state index in [1.165, 1.54) is 39.8 Å². The van der Waals surface area contributed by atoms with Crippen LogP contribution in [0.3, 0.4) is 0 Å². The number of nitrogens with one attached hydrogen (secondary N) is 1. The number of benzene rings is 2. The summed E-state index contributed by atoms with van der Waals surface area (Å²) in [6.07, 6.45) is 3.78. The quantitative estimate of drug-likeness (QED) is 0.202. The van der Waals surface area contributed by atoms with Crippen LogP contribution in [0.5, 0.6) is 11.5 Å². The molecule has 1 aromatic heterocycles. The van der Waals surface area contributed by atoms with Gasteiger partial charge in [0.15, 0.2) is 11.5 Å². The molecule has 220 valence electrons. The second-order valence-corrected chi connectivity index (χ2v) is 11.6. The van der Waals surface area contributed by atoms with E-state index in [4.69, 9.17) is 15.2 Å². The second kappa shape index (κ2) is 14.7. The van der Waals surface area contributed by atoms with E-state index >= 15 is 0 Å². The molecular weight excluding hydrogens is 560 g/mol. The summed E-state index contributed by atoms with van der Waals surface area (Å²) in [5, 5.41) is 2.82. The number of hydrogen-bond acceptors (Lipinski definition) is 9. The molecule has 0 radical (unpaired) electrons. The molecule has 1 heterocycles. The molecule has 0 fully saturated rings. The minimum atomic E-state index is -2.82. The summed E-state index contributed by atoms with van der Waals surface area (Å²) >= 11 is 0. The molecule has 3 aromatic rings. The predicted octanol–water partition coefficient (Wildman–Crippen LogP) is 3.91. The Hall–Kier alpha value is -4.89. The number of esters is 1. The van der Waals surface area contributed by atoms with E-state index in [9.17, 15) is 18.6 Å². The van der Waals surface area contributed by atoms with Crippen LogP contribution in [0.25, 0.3) is 0 Å². The Bertz CT molecular complexity index is 1670. The lowest BCUT2D eigenvalue weighted by Crippen LogP contribution is -2.12. The summed E-state index contributed by atoms with van der Waals surface area (Å²) in [5.74, 6) is 5.66. The number of aromatic nitrogens is 1. The van der Waals surface area contributed by atoms with Gasteiger partial charge in [-0.25, -0.2) is 9.19 Å². The third-order valence-corrected chi connectivity index (χ3v) is 7.53. The minimum Gasteiger partial charge on any atom is -0.493 e. The molecular formula is C30H32N4O7S. The lowest BCUT2D eigenvalue weighted by molar-refractivity contribution is -0.140. The fourth-order valence-corrected chi connectivity index (χ4v) is 4.99. The Morgan fingerprint density at radius 3 is 2.45 bits per heavy atom. The number of rotatable bonds is 10. The number of unbranched alkanes of at least 4 members (excludes halogenated alkanes) is 1. The van der Waals surface area contributed by atoms with Crippen LogP contribution < -0.4 is 20.5 Å². The summed E-state index contributed by atoms with van der Waals surface area (Å²) in [6.45, 7) is 0. The van der Waals surface area contributed by atoms with Gasteiger partial charge in [-0.2, -0.15) is 4.36 Å². The van der Waals surface area contributed by atoms with Crippen molar-refractivity contribution in [3.05, 3.63) is 77.0 Å². The molecule has 0 unspecified atom stereocenters. The van der Waals surface area contributed by atoms with Gasteiger partial charge in [-0.3, -0.25) is 14.4 Å². The number of pyridine rings is 1. The molecule has 0 aliphatic heterocycles. The van der Waals surface area contributed by atoms with E-state index in [0.29, 0.717) is 41.2 Å². The molecule has 3 N–H and O–H groups in total. The van der Waals surface area contributed by atoms with Crippen molar-refractivity contribution < 1.29 is 32.8 Å². The Balaban J connectivity index is 1.73. The van der Waals surface area contributed by atoms with Crippen molar-refractivity contribution in [2.45, 2.75) is 19.3 Å². The van der Waals surface area contributed by atoms with Crippen molar-refractivity contribution >= 4 is 39.0 Å². The lowest BCUT2D eigenvalue weighted by Gasteiger charge is -2.10. The first kappa shape index (κ1) is 31.6. The number of carbonyl (C=O) groups excluding carboxylic acids is 3. The molecule has 12 heteroatoms. The highest BCUT2D eigenvalue weighted by molar-refractivity contribution is 7.93. The molecule has 0 aliphatic rings. The Kier molecular flexibility index (Phi) is 11.0. The highest BCUT2D eigenvalue weighted by atomic mass is 32.2. The summed E-state index contributed by atoms with van der Waals surface area (Å²) in [7, 11) is 1.48. The molecule has 11 nitrogen and oxygen atoms in total. The van der Waals surface area contributed by atoms with E-state index in [0.717, 1.165) is 0 Å². The fraction of sp³-hybridized carbons (Fsp3) is 0.267. The molecule has 2 amide bonds. The highest BCUT2D eigenvalue weighted by Crippen LogP contribution is 2.28. The number of amides is 2. The summed E-state index contributed by atoms with van der Waals surface area (Å²) in [6, 6.07) is 13.2. The van der Waals surface area contributed by atoms with Gasteiger partial charge in [0, 0.05) is 41.4 Å². The largest absolute Gasteiger partial charge is 0.493 e. The van der Waals surface area contributed by atoms with Crippen molar-refractivity contribution in [1.29, 1.82) is 0 Å². The third-order valence-electron chi connectivity index (χ3n) is 5.93. The van der Waals surface area contributed by atoms with Gasteiger partial charge in [-0.1, -0.05) is 17.9 Å². The molecule has 0 saturated heterocycles. The van der Waals surface area contributed by atoms with Gasteiger partial charge in [-0.15, -0.1) is 0 Å². The number of nitrogens with two attached hydrogens (primary N) is 1. The first-order valence-electron chi connectivity index (χ1n) is 12.8. The summed E-state index contributed by atoms with van der Waals surface area (Å²) < 4.78 is 31.7. The van der Waals surface area contributed by atoms with Crippen molar-refractivity contribution in [2.75, 3.05) is 44.4 Å². The number of nitrogens with zero attached hydrogens (tertiary/aromatic N) is 2. The first-order valence-corrected chi connectivity index (χ1v) is 14.9. The zero-order valence-corrected chi connectivity index (χ0v) is 24.6. The molecule has 0 bridgehead atoms. The Morgan fingerprint density at radius 1 is 0.976 bits per heavy atom. The van der Waals surface area contributed by atoms with Gasteiger partial charge in [0.2, 0.25) is 0 Å². The molecule has 3 rings (SSSR count). The summed E-state index contributed by atoms with van der Waals surface area (Å²) in [4.78, 5) is 40.8. The fourth-order valence-electron chi connectivity index (χ4n) is 3.70. The zero-order valence-electron chi connectivity index (χ0n) is 23.8. The van der Waals surface area contributed by atoms with Crippen LogP contribution >= 0.6 is 0 Å². The van der Waals surface area contributed by atoms with Crippen LogP contribution in [0.1, 0.15) is 51.1 Å². The third kappa shape index (κ3) is 9.07. The zero-order chi connectivity index (χ0) is 30.7. The predicted molar refractivity (Wildman–Crippen MR) is 160 cm³/mol. The number of hydrogen-bond donors (Lipinski definition) is 2. The lowest BCUT2D eigenvalue weighted by atomic mass is 10.1. The van der Waals surface area contributed by atoms with Crippen LogP contribution in [-0.2, 0) is 19.3 Å². The van der Waals surface area contributed by atoms with Crippen molar-refractivity contribution in [3.8, 4) is 23.3 Å². The monoisotopic (exact) mass is 592 g/mol. The first-order chi connectivity index (χ1) is 20.0. The summed E-state index contributed by atoms with van der Waals surface area (Å²) in [5.41, 5.74) is 7.82. The van der Waals surface area contributed by atoms with Crippen LogP contribution in [0.4, 0.5) is 11.5 Å². The molecule has 0 spiro atoms. The maximum absolute atomic E-state index is 12.8. The standard InChI is InChI=1S/C30H32N4O7S/c1-39-25-14-13-22(18-26(25)40-2)29(36)33-24-9-7-8-20(16-24)11-12-21-17-23(19-32-28(21)31)30(37)34-42(4,38)15-6-5-10-27(35)41-3/h7-9,13-14,16-19H,5-6,10,15H2,1-4H3,(H2,31,32)(H,33,36)/t42-/m0/s1. The maximum atomic E-state index is 12.8. The molecule has 1 atom stereocenters. The minimum absolute atomic E-state index is 0.0913. The van der Waals surface area contributed by atoms with Gasteiger partial charge in [-0.05, 0) is 55.3 Å². The van der Waals surface area contributed by atoms with Crippen LogP contribution in [0.2, 0.25) is 0 Å². The van der Waals surface area contributed by atoms with Crippen LogP contribution in [-0.4, -0.2) is 60.3 Å². The average Bonchev–Trinajstić information content (AvgIpc) is 2.98. The molecule has 0 saturated carbocycles. The van der Waals surface area contributed by atoms with Gasteiger partial charge in [0.1, 0.15) is 5.82 Å². The topological polar surface area (TPSA) is 159 Å². The van der Waals surface area contributed by atoms with Gasteiger partial charge >= 0.3 is 5.97 Å². The van der Waals surface area contributed by atoms with E-state index in [-0.39, 0.29) is 41.0 Å². The smallest absolute Gasteiger partial charge is 0.305 e. The second-order valence-electron chi connectivity index (χ2n) is 9.10. The van der Waals surface area contributed by atoms with E-state index in [1.54, 1.807) is 42.5 Å².